The average molecular weight is 200 g/mol. The average Bonchev–Trinajstić information content (AvgIpc) is 2.64. The standard InChI is InChI=1S/C7H6ClN3S/c1-4-6(8)7(11-10-4)5-2-9-12-3-5/h2-3H,1H3,(H,10,11). The minimum absolute atomic E-state index is 0.676. The van der Waals surface area contributed by atoms with Gasteiger partial charge in [-0.15, -0.1) is 0 Å². The van der Waals surface area contributed by atoms with E-state index in [2.05, 4.69) is 14.6 Å². The van der Waals surface area contributed by atoms with Gasteiger partial charge >= 0.3 is 0 Å². The molecule has 0 atom stereocenters. The van der Waals surface area contributed by atoms with Gasteiger partial charge in [0.25, 0.3) is 0 Å². The fourth-order valence-electron chi connectivity index (χ4n) is 0.929. The molecule has 0 aliphatic rings. The van der Waals surface area contributed by atoms with Crippen LogP contribution in [0.4, 0.5) is 0 Å². The lowest BCUT2D eigenvalue weighted by Crippen LogP contribution is -1.73. The fourth-order valence-corrected chi connectivity index (χ4v) is 1.64. The van der Waals surface area contributed by atoms with E-state index in [1.165, 1.54) is 11.5 Å². The van der Waals surface area contributed by atoms with E-state index in [4.69, 9.17) is 11.6 Å². The number of hydrogen-bond donors (Lipinski definition) is 1. The summed E-state index contributed by atoms with van der Waals surface area (Å²) < 4.78 is 3.98. The number of hydrogen-bond acceptors (Lipinski definition) is 3. The van der Waals surface area contributed by atoms with Crippen LogP contribution in [-0.4, -0.2) is 14.6 Å². The second-order valence-electron chi connectivity index (χ2n) is 2.42. The van der Waals surface area contributed by atoms with Crippen molar-refractivity contribution in [2.24, 2.45) is 0 Å². The third-order valence-corrected chi connectivity index (χ3v) is 2.63. The highest BCUT2D eigenvalue weighted by atomic mass is 35.5. The van der Waals surface area contributed by atoms with Gasteiger partial charge in [0.2, 0.25) is 0 Å². The van der Waals surface area contributed by atoms with Gasteiger partial charge in [0.1, 0.15) is 5.69 Å². The molecule has 0 bridgehead atoms. The molecule has 0 saturated carbocycles. The van der Waals surface area contributed by atoms with Gasteiger partial charge in [0, 0.05) is 10.9 Å². The molecular weight excluding hydrogens is 194 g/mol. The van der Waals surface area contributed by atoms with Crippen molar-refractivity contribution in [3.05, 3.63) is 22.3 Å². The van der Waals surface area contributed by atoms with E-state index in [9.17, 15) is 0 Å². The Hall–Kier alpha value is -0.870. The number of halogens is 1. The highest BCUT2D eigenvalue weighted by Crippen LogP contribution is 2.27. The Morgan fingerprint density at radius 1 is 1.58 bits per heavy atom. The maximum absolute atomic E-state index is 5.98. The molecule has 3 nitrogen and oxygen atoms in total. The Morgan fingerprint density at radius 3 is 2.92 bits per heavy atom. The molecule has 0 radical (unpaired) electrons. The molecule has 0 unspecified atom stereocenters. The number of aryl methyl sites for hydroxylation is 1. The number of nitrogens with zero attached hydrogens (tertiary/aromatic N) is 2. The van der Waals surface area contributed by atoms with Crippen LogP contribution in [0.3, 0.4) is 0 Å². The molecule has 62 valence electrons. The number of rotatable bonds is 1. The molecule has 0 aliphatic heterocycles. The third kappa shape index (κ3) is 1.13. The van der Waals surface area contributed by atoms with Crippen molar-refractivity contribution in [2.45, 2.75) is 6.92 Å². The second-order valence-corrected chi connectivity index (χ2v) is 3.46. The Kier molecular flexibility index (Phi) is 1.86. The van der Waals surface area contributed by atoms with Crippen molar-refractivity contribution in [1.29, 1.82) is 0 Å². The Labute approximate surface area is 78.6 Å². The minimum Gasteiger partial charge on any atom is -0.281 e. The van der Waals surface area contributed by atoms with Gasteiger partial charge in [0.05, 0.1) is 16.9 Å². The Balaban J connectivity index is 2.55. The van der Waals surface area contributed by atoms with E-state index in [-0.39, 0.29) is 0 Å². The molecule has 1 N–H and O–H groups in total. The van der Waals surface area contributed by atoms with Crippen LogP contribution in [-0.2, 0) is 0 Å². The fraction of sp³-hybridized carbons (Fsp3) is 0.143. The lowest BCUT2D eigenvalue weighted by molar-refractivity contribution is 1.05. The maximum Gasteiger partial charge on any atom is 0.113 e. The van der Waals surface area contributed by atoms with E-state index in [1.54, 1.807) is 6.20 Å². The summed E-state index contributed by atoms with van der Waals surface area (Å²) in [6.07, 6.45) is 1.76. The lowest BCUT2D eigenvalue weighted by atomic mass is 10.2. The van der Waals surface area contributed by atoms with E-state index >= 15 is 0 Å². The first-order valence-corrected chi connectivity index (χ1v) is 4.60. The van der Waals surface area contributed by atoms with Crippen LogP contribution in [0.15, 0.2) is 11.6 Å². The molecule has 2 aromatic heterocycles. The summed E-state index contributed by atoms with van der Waals surface area (Å²) >= 11 is 7.37. The highest BCUT2D eigenvalue weighted by Gasteiger charge is 2.09. The first-order valence-electron chi connectivity index (χ1n) is 3.39. The highest BCUT2D eigenvalue weighted by molar-refractivity contribution is 7.03. The van der Waals surface area contributed by atoms with Crippen LogP contribution in [0.2, 0.25) is 5.02 Å². The zero-order chi connectivity index (χ0) is 8.55. The van der Waals surface area contributed by atoms with Crippen LogP contribution in [0.25, 0.3) is 11.3 Å². The topological polar surface area (TPSA) is 41.6 Å². The molecule has 0 saturated heterocycles. The van der Waals surface area contributed by atoms with Gasteiger partial charge < -0.3 is 0 Å². The van der Waals surface area contributed by atoms with E-state index in [1.807, 2.05) is 12.3 Å². The molecule has 2 rings (SSSR count). The number of H-pyrrole nitrogens is 1. The molecule has 2 heterocycles. The van der Waals surface area contributed by atoms with Crippen molar-refractivity contribution in [2.75, 3.05) is 0 Å². The number of aromatic nitrogens is 3. The quantitative estimate of drug-likeness (QED) is 0.767. The molecule has 0 aromatic carbocycles. The van der Waals surface area contributed by atoms with Gasteiger partial charge in [-0.25, -0.2) is 4.37 Å². The third-order valence-electron chi connectivity index (χ3n) is 1.58. The van der Waals surface area contributed by atoms with Crippen LogP contribution in [0.5, 0.6) is 0 Å². The molecule has 12 heavy (non-hydrogen) atoms. The largest absolute Gasteiger partial charge is 0.281 e. The summed E-state index contributed by atoms with van der Waals surface area (Å²) in [6.45, 7) is 1.89. The molecule has 2 aromatic rings. The molecule has 0 spiro atoms. The predicted octanol–water partition coefficient (Wildman–Crippen LogP) is 2.50. The summed E-state index contributed by atoms with van der Waals surface area (Å²) in [4.78, 5) is 0. The van der Waals surface area contributed by atoms with Crippen molar-refractivity contribution in [3.63, 3.8) is 0 Å². The minimum atomic E-state index is 0.676. The smallest absolute Gasteiger partial charge is 0.113 e. The second kappa shape index (κ2) is 2.88. The summed E-state index contributed by atoms with van der Waals surface area (Å²) in [6, 6.07) is 0. The van der Waals surface area contributed by atoms with Gasteiger partial charge in [-0.1, -0.05) is 11.6 Å². The first kappa shape index (κ1) is 7.76. The van der Waals surface area contributed by atoms with Crippen LogP contribution in [0, 0.1) is 6.92 Å². The number of nitrogens with one attached hydrogen (secondary N) is 1. The van der Waals surface area contributed by atoms with Gasteiger partial charge in [-0.05, 0) is 18.5 Å². The van der Waals surface area contributed by atoms with Crippen LogP contribution >= 0.6 is 23.1 Å². The van der Waals surface area contributed by atoms with Gasteiger partial charge in [0.15, 0.2) is 0 Å². The number of aromatic amines is 1. The lowest BCUT2D eigenvalue weighted by Gasteiger charge is -1.88. The molecule has 0 fully saturated rings. The SMILES string of the molecule is Cc1[nH]nc(-c2cnsc2)c1Cl. The van der Waals surface area contributed by atoms with Crippen molar-refractivity contribution >= 4 is 23.1 Å². The van der Waals surface area contributed by atoms with Crippen molar-refractivity contribution in [3.8, 4) is 11.3 Å². The molecule has 5 heteroatoms. The summed E-state index contributed by atoms with van der Waals surface area (Å²) in [5.74, 6) is 0. The Bertz CT molecular complexity index is 379. The molecule has 0 amide bonds. The van der Waals surface area contributed by atoms with Gasteiger partial charge in [-0.3, -0.25) is 5.10 Å². The van der Waals surface area contributed by atoms with E-state index in [0.717, 1.165) is 17.0 Å². The predicted molar refractivity (Wildman–Crippen MR) is 49.4 cm³/mol. The van der Waals surface area contributed by atoms with Gasteiger partial charge in [-0.2, -0.15) is 5.10 Å². The molecular formula is C7H6ClN3S. The van der Waals surface area contributed by atoms with Crippen LogP contribution in [0.1, 0.15) is 5.69 Å². The first-order chi connectivity index (χ1) is 5.79. The monoisotopic (exact) mass is 199 g/mol. The normalized spacial score (nSPS) is 10.5. The summed E-state index contributed by atoms with van der Waals surface area (Å²) in [5.41, 5.74) is 2.63. The Morgan fingerprint density at radius 2 is 2.42 bits per heavy atom. The zero-order valence-electron chi connectivity index (χ0n) is 6.34. The zero-order valence-corrected chi connectivity index (χ0v) is 7.91. The van der Waals surface area contributed by atoms with Crippen molar-refractivity contribution < 1.29 is 0 Å². The van der Waals surface area contributed by atoms with E-state index in [0.29, 0.717) is 5.02 Å². The van der Waals surface area contributed by atoms with Crippen LogP contribution < -0.4 is 0 Å². The molecule has 0 aliphatic carbocycles. The maximum atomic E-state index is 5.98. The van der Waals surface area contributed by atoms with Crippen molar-refractivity contribution in [1.82, 2.24) is 14.6 Å². The summed E-state index contributed by atoms with van der Waals surface area (Å²) in [5, 5.41) is 9.48. The van der Waals surface area contributed by atoms with E-state index < -0.39 is 0 Å². The summed E-state index contributed by atoms with van der Waals surface area (Å²) in [7, 11) is 0.